The van der Waals surface area contributed by atoms with Crippen molar-refractivity contribution in [1.82, 2.24) is 0 Å². The van der Waals surface area contributed by atoms with Crippen molar-refractivity contribution >= 4 is 78.0 Å². The molecular weight excluding hydrogens is 285 g/mol. The number of hydrogen-bond donors (Lipinski definition) is 2. The van der Waals surface area contributed by atoms with Gasteiger partial charge >= 0.3 is 51.4 Å². The number of nitroso groups, excluding NO2 is 1. The average Bonchev–Trinajstić information content (AvgIpc) is 2.27. The maximum atomic E-state index is 10.9. The van der Waals surface area contributed by atoms with Crippen LogP contribution < -0.4 is 0 Å². The fraction of sp³-hybridized carbons (Fsp3) is 0. The predicted octanol–water partition coefficient (Wildman–Crippen LogP) is 1.54. The van der Waals surface area contributed by atoms with Gasteiger partial charge in [-0.15, -0.1) is 4.91 Å². The predicted molar refractivity (Wildman–Crippen MR) is 68.0 cm³/mol. The van der Waals surface area contributed by atoms with E-state index in [4.69, 9.17) is 4.55 Å². The van der Waals surface area contributed by atoms with Crippen LogP contribution in [-0.4, -0.2) is 69.5 Å². The van der Waals surface area contributed by atoms with Gasteiger partial charge in [0.15, 0.2) is 5.69 Å². The number of hydrogen-bond acceptors (Lipinski definition) is 5. The van der Waals surface area contributed by atoms with Crippen molar-refractivity contribution in [3.63, 3.8) is 0 Å². The van der Waals surface area contributed by atoms with E-state index in [2.05, 4.69) is 5.18 Å². The average molecular weight is 293 g/mol. The Kier molecular flexibility index (Phi) is 5.01. The van der Waals surface area contributed by atoms with Crippen LogP contribution in [0.15, 0.2) is 40.4 Å². The van der Waals surface area contributed by atoms with E-state index in [1.54, 1.807) is 0 Å². The van der Waals surface area contributed by atoms with Gasteiger partial charge < -0.3 is 5.11 Å². The van der Waals surface area contributed by atoms with Crippen LogP contribution in [0.2, 0.25) is 0 Å². The fourth-order valence-electron chi connectivity index (χ4n) is 1.53. The van der Waals surface area contributed by atoms with E-state index < -0.39 is 10.1 Å². The van der Waals surface area contributed by atoms with Crippen LogP contribution in [0.25, 0.3) is 10.8 Å². The zero-order valence-corrected chi connectivity index (χ0v) is 9.18. The van der Waals surface area contributed by atoms with Gasteiger partial charge in [0.1, 0.15) is 5.75 Å². The summed E-state index contributed by atoms with van der Waals surface area (Å²) in [6.07, 6.45) is 0. The maximum absolute atomic E-state index is 10.9. The SMILES string of the molecule is O=Nc1c(O)ccc2ccc(S(=O)(=O)O)cc12.[KH]. The Morgan fingerprint density at radius 3 is 2.28 bits per heavy atom. The van der Waals surface area contributed by atoms with Crippen LogP contribution in [0.4, 0.5) is 5.69 Å². The van der Waals surface area contributed by atoms with Crippen LogP contribution in [0.5, 0.6) is 5.75 Å². The van der Waals surface area contributed by atoms with Crippen molar-refractivity contribution in [2.45, 2.75) is 4.90 Å². The molecule has 0 amide bonds. The molecule has 0 fully saturated rings. The van der Waals surface area contributed by atoms with E-state index in [0.29, 0.717) is 5.39 Å². The van der Waals surface area contributed by atoms with E-state index in [0.717, 1.165) is 6.07 Å². The zero-order chi connectivity index (χ0) is 12.6. The third-order valence-electron chi connectivity index (χ3n) is 2.33. The van der Waals surface area contributed by atoms with Gasteiger partial charge in [-0.1, -0.05) is 12.1 Å². The summed E-state index contributed by atoms with van der Waals surface area (Å²) in [5, 5.41) is 12.7. The van der Waals surface area contributed by atoms with E-state index >= 15 is 0 Å². The molecule has 0 heterocycles. The zero-order valence-electron chi connectivity index (χ0n) is 8.36. The molecule has 2 rings (SSSR count). The Bertz CT molecular complexity index is 714. The normalized spacial score (nSPS) is 10.9. The van der Waals surface area contributed by atoms with E-state index in [1.807, 2.05) is 0 Å². The molecule has 2 aromatic rings. The molecule has 8 heteroatoms. The second-order valence-corrected chi connectivity index (χ2v) is 4.80. The van der Waals surface area contributed by atoms with Crippen LogP contribution in [0.1, 0.15) is 0 Å². The summed E-state index contributed by atoms with van der Waals surface area (Å²) in [5.41, 5.74) is -0.256. The third-order valence-corrected chi connectivity index (χ3v) is 3.18. The molecule has 0 bridgehead atoms. The number of nitrogens with zero attached hydrogens (tertiary/aromatic N) is 1. The number of rotatable bonds is 2. The van der Waals surface area contributed by atoms with Gasteiger partial charge in [0.2, 0.25) is 0 Å². The molecule has 18 heavy (non-hydrogen) atoms. The van der Waals surface area contributed by atoms with Crippen molar-refractivity contribution in [1.29, 1.82) is 0 Å². The quantitative estimate of drug-likeness (QED) is 0.496. The summed E-state index contributed by atoms with van der Waals surface area (Å²) in [5.74, 6) is -0.347. The number of benzene rings is 2. The summed E-state index contributed by atoms with van der Waals surface area (Å²) in [6.45, 7) is 0. The monoisotopic (exact) mass is 293 g/mol. The summed E-state index contributed by atoms with van der Waals surface area (Å²) in [6, 6.07) is 6.48. The minimum absolute atomic E-state index is 0. The number of aromatic hydroxyl groups is 1. The molecule has 0 aliphatic heterocycles. The van der Waals surface area contributed by atoms with E-state index in [-0.39, 0.29) is 73.1 Å². The van der Waals surface area contributed by atoms with Crippen molar-refractivity contribution < 1.29 is 18.1 Å². The number of fused-ring (bicyclic) bond motifs is 1. The van der Waals surface area contributed by atoms with Crippen molar-refractivity contribution in [2.24, 2.45) is 5.18 Å². The molecule has 2 aromatic carbocycles. The Morgan fingerprint density at radius 1 is 1.11 bits per heavy atom. The third kappa shape index (κ3) is 2.96. The molecule has 0 aromatic heterocycles. The molecule has 0 saturated carbocycles. The Morgan fingerprint density at radius 2 is 1.72 bits per heavy atom. The number of phenolic OH excluding ortho intramolecular Hbond substituents is 1. The molecular formula is C10H8KNO5S. The van der Waals surface area contributed by atoms with Crippen molar-refractivity contribution in [2.75, 3.05) is 0 Å². The standard InChI is InChI=1S/C10H7NO5S.K.H/c12-9-4-2-6-1-3-7(17(14,15)16)5-8(6)10(9)11-13;;/h1-5,12H,(H,14,15,16);;. The Balaban J connectivity index is 0.00000162. The van der Waals surface area contributed by atoms with E-state index in [1.165, 1.54) is 24.3 Å². The van der Waals surface area contributed by atoms with Crippen LogP contribution in [0.3, 0.4) is 0 Å². The van der Waals surface area contributed by atoms with Gasteiger partial charge in [-0.2, -0.15) is 8.42 Å². The second kappa shape index (κ2) is 5.74. The van der Waals surface area contributed by atoms with E-state index in [9.17, 15) is 18.4 Å². The molecule has 0 unspecified atom stereocenters. The molecule has 0 atom stereocenters. The van der Waals surface area contributed by atoms with Crippen molar-refractivity contribution in [3.05, 3.63) is 35.2 Å². The first kappa shape index (κ1) is 15.7. The van der Waals surface area contributed by atoms with Crippen LogP contribution >= 0.6 is 0 Å². The summed E-state index contributed by atoms with van der Waals surface area (Å²) in [7, 11) is -4.36. The molecule has 0 saturated heterocycles. The molecule has 90 valence electrons. The molecule has 0 spiro atoms. The Hall–Kier alpha value is -0.354. The van der Waals surface area contributed by atoms with Gasteiger partial charge in [-0.3, -0.25) is 4.55 Å². The first-order valence-electron chi connectivity index (χ1n) is 4.50. The molecule has 6 nitrogen and oxygen atoms in total. The first-order valence-corrected chi connectivity index (χ1v) is 5.94. The van der Waals surface area contributed by atoms with Crippen molar-refractivity contribution in [3.8, 4) is 5.75 Å². The van der Waals surface area contributed by atoms with Gasteiger partial charge in [-0.25, -0.2) is 0 Å². The Labute approximate surface area is 145 Å². The fourth-order valence-corrected chi connectivity index (χ4v) is 2.03. The van der Waals surface area contributed by atoms with Gasteiger partial charge in [-0.05, 0) is 28.8 Å². The minimum atomic E-state index is -4.36. The van der Waals surface area contributed by atoms with Gasteiger partial charge in [0, 0.05) is 5.39 Å². The summed E-state index contributed by atoms with van der Waals surface area (Å²) in [4.78, 5) is 10.2. The topological polar surface area (TPSA) is 104 Å². The second-order valence-electron chi connectivity index (χ2n) is 3.38. The molecule has 0 aliphatic carbocycles. The number of phenols is 1. The van der Waals surface area contributed by atoms with Gasteiger partial charge in [0.25, 0.3) is 10.1 Å². The molecule has 0 radical (unpaired) electrons. The van der Waals surface area contributed by atoms with Gasteiger partial charge in [0.05, 0.1) is 4.90 Å². The summed E-state index contributed by atoms with van der Waals surface area (Å²) < 4.78 is 30.8. The first-order chi connectivity index (χ1) is 7.93. The molecule has 0 aliphatic rings. The molecule has 2 N–H and O–H groups in total. The van der Waals surface area contributed by atoms with Crippen LogP contribution in [0, 0.1) is 4.91 Å². The summed E-state index contributed by atoms with van der Waals surface area (Å²) >= 11 is 0. The van der Waals surface area contributed by atoms with Crippen LogP contribution in [-0.2, 0) is 10.1 Å².